The summed E-state index contributed by atoms with van der Waals surface area (Å²) >= 11 is 0. The van der Waals surface area contributed by atoms with E-state index in [0.29, 0.717) is 0 Å². The van der Waals surface area contributed by atoms with Crippen LogP contribution in [0.25, 0.3) is 0 Å². The zero-order valence-corrected chi connectivity index (χ0v) is 9.11. The van der Waals surface area contributed by atoms with E-state index in [2.05, 4.69) is 9.47 Å². The number of esters is 1. The maximum atomic E-state index is 12.9. The first-order valence-corrected chi connectivity index (χ1v) is 4.63. The molecule has 3 nitrogen and oxygen atoms in total. The van der Waals surface area contributed by atoms with Gasteiger partial charge in [0.15, 0.2) is 5.76 Å². The van der Waals surface area contributed by atoms with Crippen LogP contribution in [0.3, 0.4) is 0 Å². The SMILES string of the molecule is CCOC(=O)/C=C(\OCC)C(F)(F)C(F)(F)F. The van der Waals surface area contributed by atoms with Crippen molar-refractivity contribution in [1.29, 1.82) is 0 Å². The first-order valence-electron chi connectivity index (χ1n) is 4.63. The van der Waals surface area contributed by atoms with Crippen LogP contribution in [0.1, 0.15) is 13.8 Å². The van der Waals surface area contributed by atoms with E-state index in [9.17, 15) is 26.7 Å². The van der Waals surface area contributed by atoms with Crippen molar-refractivity contribution in [3.8, 4) is 0 Å². The van der Waals surface area contributed by atoms with E-state index < -0.39 is 30.4 Å². The fourth-order valence-corrected chi connectivity index (χ4v) is 0.809. The zero-order chi connectivity index (χ0) is 13.7. The minimum atomic E-state index is -5.83. The molecule has 0 fully saturated rings. The molecule has 0 N–H and O–H groups in total. The van der Waals surface area contributed by atoms with Crippen molar-refractivity contribution >= 4 is 5.97 Å². The predicted molar refractivity (Wildman–Crippen MR) is 47.3 cm³/mol. The van der Waals surface area contributed by atoms with Gasteiger partial charge in [0.05, 0.1) is 19.3 Å². The van der Waals surface area contributed by atoms with E-state index in [-0.39, 0.29) is 12.7 Å². The molecule has 17 heavy (non-hydrogen) atoms. The van der Waals surface area contributed by atoms with Gasteiger partial charge in [-0.25, -0.2) is 4.79 Å². The number of carbonyl (C=O) groups is 1. The van der Waals surface area contributed by atoms with Crippen molar-refractivity contribution in [3.05, 3.63) is 11.8 Å². The van der Waals surface area contributed by atoms with E-state index in [4.69, 9.17) is 0 Å². The standard InChI is InChI=1S/C9H11F5O3/c1-3-16-6(5-7(15)17-4-2)8(10,11)9(12,13)14/h5H,3-4H2,1-2H3/b6-5-. The Morgan fingerprint density at radius 1 is 1.06 bits per heavy atom. The Bertz CT molecular complexity index is 295. The minimum Gasteiger partial charge on any atom is -0.491 e. The van der Waals surface area contributed by atoms with Crippen molar-refractivity contribution in [2.24, 2.45) is 0 Å². The zero-order valence-electron chi connectivity index (χ0n) is 9.11. The van der Waals surface area contributed by atoms with Crippen LogP contribution in [0, 0.1) is 0 Å². The number of rotatable bonds is 5. The average molecular weight is 262 g/mol. The molecule has 0 aromatic rings. The van der Waals surface area contributed by atoms with E-state index in [1.165, 1.54) is 13.8 Å². The Hall–Kier alpha value is -1.34. The predicted octanol–water partition coefficient (Wildman–Crippen LogP) is 2.67. The van der Waals surface area contributed by atoms with E-state index in [0.717, 1.165) is 0 Å². The van der Waals surface area contributed by atoms with Gasteiger partial charge in [0, 0.05) is 0 Å². The normalized spacial score (nSPS) is 13.5. The molecule has 0 aliphatic heterocycles. The Kier molecular flexibility index (Phi) is 5.37. The van der Waals surface area contributed by atoms with Crippen LogP contribution in [0.5, 0.6) is 0 Å². The highest BCUT2D eigenvalue weighted by Gasteiger charge is 2.61. The Balaban J connectivity index is 5.16. The van der Waals surface area contributed by atoms with E-state index >= 15 is 0 Å². The molecule has 0 radical (unpaired) electrons. The Morgan fingerprint density at radius 2 is 1.53 bits per heavy atom. The Labute approximate surface area is 94.2 Å². The van der Waals surface area contributed by atoms with Crippen molar-refractivity contribution in [3.63, 3.8) is 0 Å². The molecule has 0 rings (SSSR count). The van der Waals surface area contributed by atoms with Crippen LogP contribution in [-0.4, -0.2) is 31.3 Å². The van der Waals surface area contributed by atoms with Crippen LogP contribution in [0.4, 0.5) is 22.0 Å². The fourth-order valence-electron chi connectivity index (χ4n) is 0.809. The van der Waals surface area contributed by atoms with Crippen molar-refractivity contribution in [2.45, 2.75) is 25.9 Å². The summed E-state index contributed by atoms with van der Waals surface area (Å²) in [6.07, 6.45) is -5.83. The number of hydrogen-bond acceptors (Lipinski definition) is 3. The molecule has 0 saturated heterocycles. The number of carbonyl (C=O) groups excluding carboxylic acids is 1. The molecule has 0 unspecified atom stereocenters. The second-order valence-electron chi connectivity index (χ2n) is 2.77. The first-order chi connectivity index (χ1) is 7.66. The number of ether oxygens (including phenoxy) is 2. The lowest BCUT2D eigenvalue weighted by Crippen LogP contribution is -2.39. The van der Waals surface area contributed by atoms with Crippen molar-refractivity contribution in [2.75, 3.05) is 13.2 Å². The Morgan fingerprint density at radius 3 is 1.88 bits per heavy atom. The van der Waals surface area contributed by atoms with Gasteiger partial charge in [0.1, 0.15) is 0 Å². The third-order valence-corrected chi connectivity index (χ3v) is 1.50. The maximum absolute atomic E-state index is 12.9. The molecule has 8 heteroatoms. The van der Waals surface area contributed by atoms with Gasteiger partial charge in [0.2, 0.25) is 0 Å². The lowest BCUT2D eigenvalue weighted by Gasteiger charge is -2.22. The monoisotopic (exact) mass is 262 g/mol. The molecule has 0 aliphatic carbocycles. The molecule has 0 saturated carbocycles. The lowest BCUT2D eigenvalue weighted by atomic mass is 10.2. The van der Waals surface area contributed by atoms with Gasteiger partial charge in [0.25, 0.3) is 0 Å². The van der Waals surface area contributed by atoms with E-state index in [1.54, 1.807) is 0 Å². The largest absolute Gasteiger partial charge is 0.491 e. The minimum absolute atomic E-state index is 0.000486. The average Bonchev–Trinajstić information content (AvgIpc) is 2.15. The summed E-state index contributed by atoms with van der Waals surface area (Å²) in [7, 11) is 0. The highest BCUT2D eigenvalue weighted by molar-refractivity contribution is 5.82. The third kappa shape index (κ3) is 4.20. The molecule has 0 bridgehead atoms. The molecule has 0 atom stereocenters. The molecule has 0 amide bonds. The van der Waals surface area contributed by atoms with Gasteiger partial charge >= 0.3 is 18.1 Å². The molecular formula is C9H11F5O3. The maximum Gasteiger partial charge on any atom is 0.461 e. The summed E-state index contributed by atoms with van der Waals surface area (Å²) in [5.74, 6) is -8.32. The van der Waals surface area contributed by atoms with Crippen LogP contribution < -0.4 is 0 Å². The lowest BCUT2D eigenvalue weighted by molar-refractivity contribution is -0.276. The molecule has 100 valence electrons. The second-order valence-corrected chi connectivity index (χ2v) is 2.77. The summed E-state index contributed by atoms with van der Waals surface area (Å²) in [6, 6.07) is 0. The van der Waals surface area contributed by atoms with Gasteiger partial charge in [-0.1, -0.05) is 0 Å². The van der Waals surface area contributed by atoms with Crippen LogP contribution >= 0.6 is 0 Å². The van der Waals surface area contributed by atoms with Gasteiger partial charge in [-0.05, 0) is 13.8 Å². The molecule has 0 aromatic heterocycles. The van der Waals surface area contributed by atoms with E-state index in [1.807, 2.05) is 0 Å². The van der Waals surface area contributed by atoms with Crippen molar-refractivity contribution < 1.29 is 36.2 Å². The first kappa shape index (κ1) is 15.7. The third-order valence-electron chi connectivity index (χ3n) is 1.50. The molecule has 0 aliphatic rings. The number of halogens is 5. The molecule has 0 heterocycles. The number of hydrogen-bond donors (Lipinski definition) is 0. The van der Waals surface area contributed by atoms with Gasteiger partial charge in [-0.3, -0.25) is 0 Å². The molecule has 0 aromatic carbocycles. The van der Waals surface area contributed by atoms with Gasteiger partial charge in [-0.15, -0.1) is 0 Å². The summed E-state index contributed by atoms with van der Waals surface area (Å²) in [5, 5.41) is 0. The summed E-state index contributed by atoms with van der Waals surface area (Å²) in [5.41, 5.74) is 0. The smallest absolute Gasteiger partial charge is 0.461 e. The fraction of sp³-hybridized carbons (Fsp3) is 0.667. The van der Waals surface area contributed by atoms with Crippen LogP contribution in [-0.2, 0) is 14.3 Å². The number of allylic oxidation sites excluding steroid dienone is 1. The van der Waals surface area contributed by atoms with Crippen LogP contribution in [0.2, 0.25) is 0 Å². The van der Waals surface area contributed by atoms with Gasteiger partial charge in [-0.2, -0.15) is 22.0 Å². The van der Waals surface area contributed by atoms with Crippen LogP contribution in [0.15, 0.2) is 11.8 Å². The number of alkyl halides is 5. The summed E-state index contributed by atoms with van der Waals surface area (Å²) in [4.78, 5) is 10.8. The van der Waals surface area contributed by atoms with Crippen molar-refractivity contribution in [1.82, 2.24) is 0 Å². The highest BCUT2D eigenvalue weighted by atomic mass is 19.4. The second kappa shape index (κ2) is 5.83. The summed E-state index contributed by atoms with van der Waals surface area (Å²) in [6.45, 7) is 2.02. The quantitative estimate of drug-likeness (QED) is 0.331. The highest BCUT2D eigenvalue weighted by Crippen LogP contribution is 2.41. The summed E-state index contributed by atoms with van der Waals surface area (Å²) < 4.78 is 70.1. The van der Waals surface area contributed by atoms with Gasteiger partial charge < -0.3 is 9.47 Å². The molecular weight excluding hydrogens is 251 g/mol. The topological polar surface area (TPSA) is 35.5 Å². The molecule has 0 spiro atoms.